The van der Waals surface area contributed by atoms with Crippen LogP contribution in [-0.4, -0.2) is 12.4 Å². The Morgan fingerprint density at radius 3 is 2.78 bits per heavy atom. The fourth-order valence-electron chi connectivity index (χ4n) is 2.12. The first-order valence-corrected chi connectivity index (χ1v) is 6.88. The van der Waals surface area contributed by atoms with Gasteiger partial charge >= 0.3 is 0 Å². The van der Waals surface area contributed by atoms with E-state index >= 15 is 0 Å². The second-order valence-electron chi connectivity index (χ2n) is 4.26. The number of benzene rings is 2. The highest BCUT2D eigenvalue weighted by Gasteiger charge is 2.16. The summed E-state index contributed by atoms with van der Waals surface area (Å²) in [5.41, 5.74) is 2.61. The number of halogens is 1. The quantitative estimate of drug-likeness (QED) is 0.613. The predicted molar refractivity (Wildman–Crippen MR) is 78.2 cm³/mol. The smallest absolute Gasteiger partial charge is 0.193 e. The molecule has 0 atom stereocenters. The van der Waals surface area contributed by atoms with Crippen LogP contribution in [0.15, 0.2) is 42.5 Å². The molecular formula is C15H11IO2. The van der Waals surface area contributed by atoms with E-state index in [4.69, 9.17) is 4.74 Å². The molecule has 1 aliphatic rings. The molecule has 1 heterocycles. The van der Waals surface area contributed by atoms with Crippen LogP contribution in [0, 0.1) is 3.57 Å². The van der Waals surface area contributed by atoms with Crippen LogP contribution < -0.4 is 4.74 Å². The molecule has 0 N–H and O–H groups in total. The lowest BCUT2D eigenvalue weighted by Crippen LogP contribution is -2.01. The zero-order chi connectivity index (χ0) is 12.5. The van der Waals surface area contributed by atoms with E-state index in [2.05, 4.69) is 22.6 Å². The van der Waals surface area contributed by atoms with Crippen LogP contribution in [0.1, 0.15) is 21.5 Å². The van der Waals surface area contributed by atoms with Gasteiger partial charge in [-0.3, -0.25) is 4.79 Å². The van der Waals surface area contributed by atoms with Gasteiger partial charge in [0, 0.05) is 21.1 Å². The topological polar surface area (TPSA) is 26.3 Å². The van der Waals surface area contributed by atoms with Crippen molar-refractivity contribution in [3.8, 4) is 5.75 Å². The van der Waals surface area contributed by atoms with E-state index in [1.54, 1.807) is 0 Å². The lowest BCUT2D eigenvalue weighted by atomic mass is 10.0. The number of fused-ring (bicyclic) bond motifs is 1. The zero-order valence-electron chi connectivity index (χ0n) is 9.65. The molecule has 0 aromatic heterocycles. The van der Waals surface area contributed by atoms with E-state index in [1.807, 2.05) is 42.5 Å². The van der Waals surface area contributed by atoms with Crippen molar-refractivity contribution in [1.29, 1.82) is 0 Å². The minimum atomic E-state index is 0.0724. The van der Waals surface area contributed by atoms with Crippen molar-refractivity contribution in [2.45, 2.75) is 6.42 Å². The Hall–Kier alpha value is -1.36. The number of hydrogen-bond donors (Lipinski definition) is 0. The molecule has 2 aromatic rings. The maximum Gasteiger partial charge on any atom is 0.193 e. The molecule has 0 bridgehead atoms. The van der Waals surface area contributed by atoms with Gasteiger partial charge in [-0.25, -0.2) is 0 Å². The van der Waals surface area contributed by atoms with E-state index in [0.717, 1.165) is 39.0 Å². The van der Waals surface area contributed by atoms with Gasteiger partial charge in [0.25, 0.3) is 0 Å². The number of rotatable bonds is 2. The highest BCUT2D eigenvalue weighted by Crippen LogP contribution is 2.26. The average molecular weight is 350 g/mol. The van der Waals surface area contributed by atoms with Crippen molar-refractivity contribution in [2.24, 2.45) is 0 Å². The molecule has 0 amide bonds. The van der Waals surface area contributed by atoms with Crippen molar-refractivity contribution >= 4 is 28.4 Å². The molecule has 0 saturated heterocycles. The van der Waals surface area contributed by atoms with Gasteiger partial charge in [-0.1, -0.05) is 12.1 Å². The molecule has 0 aliphatic carbocycles. The lowest BCUT2D eigenvalue weighted by Gasteiger charge is -2.04. The van der Waals surface area contributed by atoms with Gasteiger partial charge in [0.1, 0.15) is 5.75 Å². The molecule has 1 aliphatic heterocycles. The van der Waals surface area contributed by atoms with Crippen LogP contribution in [0.3, 0.4) is 0 Å². The van der Waals surface area contributed by atoms with Crippen LogP contribution >= 0.6 is 22.6 Å². The first kappa shape index (κ1) is 11.7. The molecule has 0 unspecified atom stereocenters. The number of ether oxygens (including phenoxy) is 1. The van der Waals surface area contributed by atoms with E-state index < -0.39 is 0 Å². The largest absolute Gasteiger partial charge is 0.493 e. The van der Waals surface area contributed by atoms with Crippen molar-refractivity contribution in [3.05, 3.63) is 62.7 Å². The maximum absolute atomic E-state index is 12.4. The van der Waals surface area contributed by atoms with Crippen molar-refractivity contribution in [2.75, 3.05) is 6.61 Å². The summed E-state index contributed by atoms with van der Waals surface area (Å²) in [6.45, 7) is 0.718. The number of carbonyl (C=O) groups is 1. The SMILES string of the molecule is O=C(c1cccc(I)c1)c1ccc2c(c1)CCO2. The van der Waals surface area contributed by atoms with Crippen molar-refractivity contribution < 1.29 is 9.53 Å². The Kier molecular flexibility index (Phi) is 3.07. The Labute approximate surface area is 119 Å². The molecule has 2 nitrogen and oxygen atoms in total. The molecule has 90 valence electrons. The summed E-state index contributed by atoms with van der Waals surface area (Å²) < 4.78 is 6.52. The Morgan fingerprint density at radius 2 is 1.94 bits per heavy atom. The van der Waals surface area contributed by atoms with Gasteiger partial charge in [-0.2, -0.15) is 0 Å². The molecule has 0 fully saturated rings. The Morgan fingerprint density at radius 1 is 1.11 bits per heavy atom. The summed E-state index contributed by atoms with van der Waals surface area (Å²) in [6.07, 6.45) is 0.892. The predicted octanol–water partition coefficient (Wildman–Crippen LogP) is 3.46. The standard InChI is InChI=1S/C15H11IO2/c16-13-3-1-2-11(9-13)15(17)12-4-5-14-10(8-12)6-7-18-14/h1-5,8-9H,6-7H2. The van der Waals surface area contributed by atoms with Crippen LogP contribution in [0.4, 0.5) is 0 Å². The van der Waals surface area contributed by atoms with Crippen LogP contribution in [0.5, 0.6) is 5.75 Å². The lowest BCUT2D eigenvalue weighted by molar-refractivity contribution is 0.103. The maximum atomic E-state index is 12.4. The van der Waals surface area contributed by atoms with Crippen molar-refractivity contribution in [3.63, 3.8) is 0 Å². The third-order valence-electron chi connectivity index (χ3n) is 3.04. The van der Waals surface area contributed by atoms with Gasteiger partial charge in [-0.05, 0) is 58.5 Å². The molecule has 3 heteroatoms. The monoisotopic (exact) mass is 350 g/mol. The van der Waals surface area contributed by atoms with E-state index in [1.165, 1.54) is 0 Å². The molecule has 18 heavy (non-hydrogen) atoms. The normalized spacial score (nSPS) is 12.9. The van der Waals surface area contributed by atoms with Crippen LogP contribution in [0.25, 0.3) is 0 Å². The highest BCUT2D eigenvalue weighted by atomic mass is 127. The average Bonchev–Trinajstić information content (AvgIpc) is 2.85. The fourth-order valence-corrected chi connectivity index (χ4v) is 2.67. The van der Waals surface area contributed by atoms with E-state index in [9.17, 15) is 4.79 Å². The Bertz CT molecular complexity index is 620. The van der Waals surface area contributed by atoms with Gasteiger partial charge in [0.2, 0.25) is 0 Å². The van der Waals surface area contributed by atoms with Gasteiger partial charge in [0.15, 0.2) is 5.78 Å². The minimum Gasteiger partial charge on any atom is -0.493 e. The van der Waals surface area contributed by atoms with E-state index in [-0.39, 0.29) is 5.78 Å². The molecule has 0 radical (unpaired) electrons. The molecule has 0 saturated carbocycles. The van der Waals surface area contributed by atoms with Crippen LogP contribution in [-0.2, 0) is 6.42 Å². The second kappa shape index (κ2) is 4.72. The third-order valence-corrected chi connectivity index (χ3v) is 3.71. The summed E-state index contributed by atoms with van der Waals surface area (Å²) >= 11 is 2.22. The summed E-state index contributed by atoms with van der Waals surface area (Å²) in [7, 11) is 0. The number of carbonyl (C=O) groups excluding carboxylic acids is 1. The third kappa shape index (κ3) is 2.14. The molecular weight excluding hydrogens is 339 g/mol. The number of hydrogen-bond acceptors (Lipinski definition) is 2. The van der Waals surface area contributed by atoms with Gasteiger partial charge < -0.3 is 4.74 Å². The first-order chi connectivity index (χ1) is 8.74. The zero-order valence-corrected chi connectivity index (χ0v) is 11.8. The van der Waals surface area contributed by atoms with Crippen molar-refractivity contribution in [1.82, 2.24) is 0 Å². The summed E-state index contributed by atoms with van der Waals surface area (Å²) in [5, 5.41) is 0. The van der Waals surface area contributed by atoms with Gasteiger partial charge in [0.05, 0.1) is 6.61 Å². The number of ketones is 1. The summed E-state index contributed by atoms with van der Waals surface area (Å²) in [4.78, 5) is 12.4. The molecule has 0 spiro atoms. The highest BCUT2D eigenvalue weighted by molar-refractivity contribution is 14.1. The molecule has 2 aromatic carbocycles. The fraction of sp³-hybridized carbons (Fsp3) is 0.133. The van der Waals surface area contributed by atoms with Crippen LogP contribution in [0.2, 0.25) is 0 Å². The minimum absolute atomic E-state index is 0.0724. The summed E-state index contributed by atoms with van der Waals surface area (Å²) in [6, 6.07) is 13.3. The second-order valence-corrected chi connectivity index (χ2v) is 5.51. The van der Waals surface area contributed by atoms with E-state index in [0.29, 0.717) is 0 Å². The summed E-state index contributed by atoms with van der Waals surface area (Å²) in [5.74, 6) is 0.984. The molecule has 3 rings (SSSR count). The first-order valence-electron chi connectivity index (χ1n) is 5.80. The Balaban J connectivity index is 1.98. The van der Waals surface area contributed by atoms with Gasteiger partial charge in [-0.15, -0.1) is 0 Å².